The number of fused-ring (bicyclic) bond motifs is 1. The fourth-order valence-corrected chi connectivity index (χ4v) is 5.25. The van der Waals surface area contributed by atoms with E-state index >= 15 is 0 Å². The molecule has 28 heavy (non-hydrogen) atoms. The molecule has 0 unspecified atom stereocenters. The molecular weight excluding hydrogens is 398 g/mol. The second-order valence-corrected chi connectivity index (χ2v) is 9.19. The number of benzene rings is 1. The van der Waals surface area contributed by atoms with Crippen molar-refractivity contribution in [2.24, 2.45) is 0 Å². The Labute approximate surface area is 167 Å². The largest absolute Gasteiger partial charge is 0.376 e. The van der Waals surface area contributed by atoms with Crippen molar-refractivity contribution >= 4 is 32.4 Å². The molecule has 0 amide bonds. The van der Waals surface area contributed by atoms with Crippen molar-refractivity contribution < 1.29 is 17.7 Å². The lowest BCUT2D eigenvalue weighted by molar-refractivity contribution is 0.113. The number of sulfonamides is 1. The number of aromatic nitrogens is 2. The van der Waals surface area contributed by atoms with Gasteiger partial charge in [-0.25, -0.2) is 8.42 Å². The Hall–Kier alpha value is -2.49. The number of nitrogens with zero attached hydrogens (tertiary/aromatic N) is 2. The summed E-state index contributed by atoms with van der Waals surface area (Å²) in [5, 5.41) is 5.47. The third kappa shape index (κ3) is 4.01. The average Bonchev–Trinajstić information content (AvgIpc) is 3.23. The molecule has 1 aromatic carbocycles. The first kappa shape index (κ1) is 18.9. The first-order valence-corrected chi connectivity index (χ1v) is 11.1. The molecule has 4 rings (SSSR count). The molecule has 0 aliphatic carbocycles. The van der Waals surface area contributed by atoms with Crippen molar-refractivity contribution in [3.05, 3.63) is 57.1 Å². The summed E-state index contributed by atoms with van der Waals surface area (Å²) >= 11 is 1.34. The van der Waals surface area contributed by atoms with Gasteiger partial charge in [-0.1, -0.05) is 35.0 Å². The number of anilines is 1. The lowest BCUT2D eigenvalue weighted by Gasteiger charge is -2.12. The van der Waals surface area contributed by atoms with E-state index < -0.39 is 10.0 Å². The molecule has 0 radical (unpaired) electrons. The van der Waals surface area contributed by atoms with Gasteiger partial charge in [-0.3, -0.25) is 4.72 Å². The molecule has 9 heteroatoms. The molecule has 0 saturated carbocycles. The van der Waals surface area contributed by atoms with Crippen molar-refractivity contribution in [2.75, 3.05) is 11.3 Å². The minimum absolute atomic E-state index is 0.317. The fourth-order valence-electron chi connectivity index (χ4n) is 2.94. The predicted octanol–water partition coefficient (Wildman–Crippen LogP) is 3.90. The number of nitrogens with one attached hydrogen (secondary N) is 1. The quantitative estimate of drug-likeness (QED) is 0.677. The maximum absolute atomic E-state index is 12.7. The molecular formula is C19H19N3O4S2. The zero-order valence-corrected chi connectivity index (χ0v) is 17.1. The number of ether oxygens (including phenoxy) is 1. The minimum Gasteiger partial charge on any atom is -0.376 e. The van der Waals surface area contributed by atoms with Crippen LogP contribution in [0, 0.1) is 13.8 Å². The highest BCUT2D eigenvalue weighted by Gasteiger charge is 2.27. The summed E-state index contributed by atoms with van der Waals surface area (Å²) in [5.41, 5.74) is 3.57. The molecule has 1 aliphatic heterocycles. The van der Waals surface area contributed by atoms with Crippen molar-refractivity contribution in [2.45, 2.75) is 26.9 Å². The molecule has 3 heterocycles. The van der Waals surface area contributed by atoms with E-state index in [1.54, 1.807) is 13.0 Å². The predicted molar refractivity (Wildman–Crippen MR) is 108 cm³/mol. The molecule has 2 aromatic heterocycles. The van der Waals surface area contributed by atoms with Gasteiger partial charge in [-0.2, -0.15) is 4.98 Å². The molecule has 1 aliphatic rings. The monoisotopic (exact) mass is 417 g/mol. The maximum Gasteiger partial charge on any atom is 0.261 e. The highest BCUT2D eigenvalue weighted by atomic mass is 32.2. The Kier molecular flexibility index (Phi) is 5.05. The van der Waals surface area contributed by atoms with Gasteiger partial charge in [0.2, 0.25) is 0 Å². The summed E-state index contributed by atoms with van der Waals surface area (Å²) in [6.45, 7) is 4.72. The molecule has 1 N–H and O–H groups in total. The lowest BCUT2D eigenvalue weighted by Crippen LogP contribution is -2.09. The molecule has 0 atom stereocenters. The van der Waals surface area contributed by atoms with Crippen LogP contribution in [0.3, 0.4) is 0 Å². The van der Waals surface area contributed by atoms with Crippen molar-refractivity contribution in [3.8, 4) is 11.5 Å². The maximum atomic E-state index is 12.7. The van der Waals surface area contributed by atoms with Gasteiger partial charge < -0.3 is 9.26 Å². The van der Waals surface area contributed by atoms with Crippen LogP contribution in [0.2, 0.25) is 0 Å². The van der Waals surface area contributed by atoms with Gasteiger partial charge in [0.05, 0.1) is 24.2 Å². The second kappa shape index (κ2) is 7.50. The Balaban J connectivity index is 1.67. The second-order valence-electron chi connectivity index (χ2n) is 6.52. The summed E-state index contributed by atoms with van der Waals surface area (Å²) in [4.78, 5) is 5.26. The van der Waals surface area contributed by atoms with E-state index in [1.165, 1.54) is 11.3 Å². The van der Waals surface area contributed by atoms with Crippen LogP contribution in [0.25, 0.3) is 17.5 Å². The minimum atomic E-state index is -3.72. The normalized spacial score (nSPS) is 14.4. The Morgan fingerprint density at radius 3 is 2.71 bits per heavy atom. The number of aryl methyl sites for hydroxylation is 2. The summed E-state index contributed by atoms with van der Waals surface area (Å²) in [7, 11) is -3.72. The summed E-state index contributed by atoms with van der Waals surface area (Å²) in [6.07, 6.45) is 2.23. The number of rotatable bonds is 5. The Morgan fingerprint density at radius 1 is 1.21 bits per heavy atom. The molecule has 0 bridgehead atoms. The van der Waals surface area contributed by atoms with E-state index in [0.29, 0.717) is 41.9 Å². The summed E-state index contributed by atoms with van der Waals surface area (Å²) in [5.74, 6) is 0.812. The molecule has 7 nitrogen and oxygen atoms in total. The smallest absolute Gasteiger partial charge is 0.261 e. The van der Waals surface area contributed by atoms with Crippen LogP contribution in [-0.4, -0.2) is 25.2 Å². The third-order valence-corrected chi connectivity index (χ3v) is 6.55. The van der Waals surface area contributed by atoms with Gasteiger partial charge >= 0.3 is 0 Å². The van der Waals surface area contributed by atoms with Crippen LogP contribution in [-0.2, 0) is 27.8 Å². The Morgan fingerprint density at radius 2 is 2.00 bits per heavy atom. The standard InChI is InChI=1S/C19H19N3O4S2/c1-12-3-5-14(6-4-12)8-10-28(23,24)22-19-17(18-20-13(2)21-26-18)15-7-9-25-11-16(15)27-19/h3-6,8,10,22H,7,9,11H2,1-2H3. The third-order valence-electron chi connectivity index (χ3n) is 4.31. The summed E-state index contributed by atoms with van der Waals surface area (Å²) < 4.78 is 38.8. The van der Waals surface area contributed by atoms with E-state index in [2.05, 4.69) is 14.9 Å². The van der Waals surface area contributed by atoms with E-state index in [4.69, 9.17) is 9.26 Å². The molecule has 0 saturated heterocycles. The first-order valence-electron chi connectivity index (χ1n) is 8.72. The summed E-state index contributed by atoms with van der Waals surface area (Å²) in [6, 6.07) is 7.61. The van der Waals surface area contributed by atoms with Gasteiger partial charge in [0, 0.05) is 4.88 Å². The molecule has 3 aromatic rings. The highest BCUT2D eigenvalue weighted by Crippen LogP contribution is 2.43. The number of thiophene rings is 1. The first-order chi connectivity index (χ1) is 13.4. The molecule has 0 fully saturated rings. The van der Waals surface area contributed by atoms with Crippen molar-refractivity contribution in [3.63, 3.8) is 0 Å². The van der Waals surface area contributed by atoms with Gasteiger partial charge in [0.25, 0.3) is 15.9 Å². The topological polar surface area (TPSA) is 94.3 Å². The van der Waals surface area contributed by atoms with Crippen LogP contribution >= 0.6 is 11.3 Å². The average molecular weight is 418 g/mol. The van der Waals surface area contributed by atoms with E-state index in [0.717, 1.165) is 27.0 Å². The zero-order chi connectivity index (χ0) is 19.7. The zero-order valence-electron chi connectivity index (χ0n) is 15.4. The SMILES string of the molecule is Cc1ccc(C=CS(=O)(=O)Nc2sc3c(c2-c2nc(C)no2)CCOC3)cc1. The van der Waals surface area contributed by atoms with Gasteiger partial charge in [0.1, 0.15) is 5.00 Å². The van der Waals surface area contributed by atoms with E-state index in [9.17, 15) is 8.42 Å². The highest BCUT2D eigenvalue weighted by molar-refractivity contribution is 7.95. The molecule has 146 valence electrons. The van der Waals surface area contributed by atoms with Crippen LogP contribution in [0.4, 0.5) is 5.00 Å². The number of hydrogen-bond acceptors (Lipinski definition) is 7. The van der Waals surface area contributed by atoms with Gasteiger partial charge in [-0.05, 0) is 37.5 Å². The van der Waals surface area contributed by atoms with Crippen LogP contribution < -0.4 is 4.72 Å². The Bertz CT molecular complexity index is 1130. The fraction of sp³-hybridized carbons (Fsp3) is 0.263. The van der Waals surface area contributed by atoms with Gasteiger partial charge in [-0.15, -0.1) is 11.3 Å². The molecule has 0 spiro atoms. The van der Waals surface area contributed by atoms with E-state index in [-0.39, 0.29) is 0 Å². The van der Waals surface area contributed by atoms with Crippen molar-refractivity contribution in [1.29, 1.82) is 0 Å². The van der Waals surface area contributed by atoms with Crippen LogP contribution in [0.5, 0.6) is 0 Å². The number of hydrogen-bond donors (Lipinski definition) is 1. The van der Waals surface area contributed by atoms with E-state index in [1.807, 2.05) is 31.2 Å². The van der Waals surface area contributed by atoms with Gasteiger partial charge in [0.15, 0.2) is 5.82 Å². The van der Waals surface area contributed by atoms with Crippen LogP contribution in [0.15, 0.2) is 34.2 Å². The lowest BCUT2D eigenvalue weighted by atomic mass is 10.1. The van der Waals surface area contributed by atoms with Crippen molar-refractivity contribution in [1.82, 2.24) is 10.1 Å². The van der Waals surface area contributed by atoms with Crippen LogP contribution in [0.1, 0.15) is 27.4 Å².